The number of hydrazone groups is 1. The summed E-state index contributed by atoms with van der Waals surface area (Å²) in [6, 6.07) is 5.53. The van der Waals surface area contributed by atoms with Crippen molar-refractivity contribution in [1.82, 2.24) is 15.5 Å². The second-order valence-corrected chi connectivity index (χ2v) is 7.53. The van der Waals surface area contributed by atoms with E-state index in [1.807, 2.05) is 11.1 Å². The molecule has 1 fully saturated rings. The van der Waals surface area contributed by atoms with Crippen molar-refractivity contribution in [2.45, 2.75) is 18.9 Å². The first kappa shape index (κ1) is 20.4. The number of benzene rings is 1. The number of piperazine rings is 1. The Morgan fingerprint density at radius 2 is 2.22 bits per heavy atom. The third kappa shape index (κ3) is 5.80. The number of hydrogen-bond donors (Lipinski definition) is 2. The molecule has 3 rings (SSSR count). The van der Waals surface area contributed by atoms with E-state index in [0.29, 0.717) is 41.9 Å². The largest absolute Gasteiger partial charge is 0.383 e. The molecule has 1 atom stereocenters. The van der Waals surface area contributed by atoms with Crippen molar-refractivity contribution in [2.75, 3.05) is 51.4 Å². The Hall–Kier alpha value is -1.38. The molecule has 1 aromatic rings. The molecule has 1 aromatic carbocycles. The second kappa shape index (κ2) is 9.71. The van der Waals surface area contributed by atoms with E-state index >= 15 is 0 Å². The van der Waals surface area contributed by atoms with Gasteiger partial charge >= 0.3 is 0 Å². The monoisotopic (exact) mass is 413 g/mol. The number of rotatable bonds is 6. The number of halogens is 2. The first-order valence-corrected chi connectivity index (χ1v) is 9.85. The van der Waals surface area contributed by atoms with E-state index in [1.54, 1.807) is 19.2 Å². The molecule has 7 nitrogen and oxygen atoms in total. The predicted octanol–water partition coefficient (Wildman–Crippen LogP) is 1.94. The highest BCUT2D eigenvalue weighted by atomic mass is 35.5. The highest BCUT2D eigenvalue weighted by Gasteiger charge is 2.23. The highest BCUT2D eigenvalue weighted by molar-refractivity contribution is 6.42. The lowest BCUT2D eigenvalue weighted by molar-refractivity contribution is -0.120. The Morgan fingerprint density at radius 3 is 3.00 bits per heavy atom. The summed E-state index contributed by atoms with van der Waals surface area (Å²) < 4.78 is 5.13. The summed E-state index contributed by atoms with van der Waals surface area (Å²) in [6.07, 6.45) is 1.11. The summed E-state index contributed by atoms with van der Waals surface area (Å²) in [5.41, 5.74) is 0.858. The molecule has 148 valence electrons. The third-order valence-electron chi connectivity index (χ3n) is 4.67. The summed E-state index contributed by atoms with van der Waals surface area (Å²) >= 11 is 12.0. The molecule has 1 amide bonds. The van der Waals surface area contributed by atoms with Crippen LogP contribution in [0, 0.1) is 0 Å². The molecule has 27 heavy (non-hydrogen) atoms. The third-order valence-corrected chi connectivity index (χ3v) is 5.41. The predicted molar refractivity (Wildman–Crippen MR) is 109 cm³/mol. The van der Waals surface area contributed by atoms with Gasteiger partial charge in [-0.1, -0.05) is 23.2 Å². The van der Waals surface area contributed by atoms with Crippen molar-refractivity contribution in [3.05, 3.63) is 28.2 Å². The average molecular weight is 414 g/mol. The number of nitrogens with one attached hydrogen (secondary N) is 2. The zero-order chi connectivity index (χ0) is 19.2. The van der Waals surface area contributed by atoms with Crippen LogP contribution in [0.25, 0.3) is 0 Å². The van der Waals surface area contributed by atoms with Crippen LogP contribution in [0.3, 0.4) is 0 Å². The van der Waals surface area contributed by atoms with Gasteiger partial charge in [0.25, 0.3) is 0 Å². The Morgan fingerprint density at radius 1 is 1.37 bits per heavy atom. The lowest BCUT2D eigenvalue weighted by atomic mass is 10.1. The molecule has 2 heterocycles. The minimum absolute atomic E-state index is 0.0177. The van der Waals surface area contributed by atoms with Gasteiger partial charge in [-0.15, -0.1) is 0 Å². The van der Waals surface area contributed by atoms with Gasteiger partial charge < -0.3 is 15.4 Å². The van der Waals surface area contributed by atoms with Crippen LogP contribution in [-0.4, -0.2) is 69.1 Å². The number of hydrogen-bond acceptors (Lipinski definition) is 6. The molecule has 9 heteroatoms. The highest BCUT2D eigenvalue weighted by Crippen LogP contribution is 2.28. The van der Waals surface area contributed by atoms with Crippen LogP contribution < -0.4 is 15.6 Å². The van der Waals surface area contributed by atoms with Gasteiger partial charge in [0.1, 0.15) is 5.84 Å². The van der Waals surface area contributed by atoms with Gasteiger partial charge in [0.15, 0.2) is 0 Å². The molecule has 1 unspecified atom stereocenters. The lowest BCUT2D eigenvalue weighted by Crippen LogP contribution is -2.53. The second-order valence-electron chi connectivity index (χ2n) is 6.72. The fourth-order valence-electron chi connectivity index (χ4n) is 3.27. The van der Waals surface area contributed by atoms with Crippen LogP contribution in [0.1, 0.15) is 12.8 Å². The van der Waals surface area contributed by atoms with Crippen molar-refractivity contribution in [2.24, 2.45) is 5.10 Å². The number of amidine groups is 1. The van der Waals surface area contributed by atoms with Crippen LogP contribution in [-0.2, 0) is 9.53 Å². The average Bonchev–Trinajstić information content (AvgIpc) is 3.11. The van der Waals surface area contributed by atoms with Crippen molar-refractivity contribution in [3.8, 4) is 0 Å². The zero-order valence-electron chi connectivity index (χ0n) is 15.4. The smallest absolute Gasteiger partial charge is 0.226 e. The Balaban J connectivity index is 1.50. The van der Waals surface area contributed by atoms with E-state index in [0.717, 1.165) is 31.9 Å². The molecule has 0 aliphatic carbocycles. The molecule has 0 radical (unpaired) electrons. The Labute approximate surface area is 169 Å². The van der Waals surface area contributed by atoms with E-state index in [4.69, 9.17) is 27.9 Å². The Kier molecular flexibility index (Phi) is 7.32. The van der Waals surface area contributed by atoms with E-state index in [1.165, 1.54) is 0 Å². The molecule has 1 saturated heterocycles. The topological polar surface area (TPSA) is 69.2 Å². The van der Waals surface area contributed by atoms with Gasteiger partial charge in [-0.3, -0.25) is 14.7 Å². The number of methoxy groups -OCH3 is 1. The van der Waals surface area contributed by atoms with Gasteiger partial charge in [-0.05, 0) is 18.2 Å². The molecule has 0 saturated carbocycles. The first-order chi connectivity index (χ1) is 13.0. The minimum atomic E-state index is -0.0177. The molecular formula is C18H25Cl2N5O2. The fraction of sp³-hybridized carbons (Fsp3) is 0.556. The standard InChI is InChI=1S/C18H25Cl2N5O2/c1-27-9-8-24-7-5-21-13(12-24)10-18(26)22-17-4-6-25(23-17)14-2-3-15(19)16(20)11-14/h2-3,11,13,21H,4-10,12H2,1H3,(H,22,23,26). The fourth-order valence-corrected chi connectivity index (χ4v) is 3.56. The lowest BCUT2D eigenvalue weighted by Gasteiger charge is -2.33. The molecular weight excluding hydrogens is 389 g/mol. The van der Waals surface area contributed by atoms with Crippen LogP contribution in [0.15, 0.2) is 23.3 Å². The maximum atomic E-state index is 12.4. The van der Waals surface area contributed by atoms with Gasteiger partial charge in [0.05, 0.1) is 22.3 Å². The van der Waals surface area contributed by atoms with Crippen LogP contribution in [0.2, 0.25) is 10.0 Å². The van der Waals surface area contributed by atoms with Crippen LogP contribution in [0.5, 0.6) is 0 Å². The summed E-state index contributed by atoms with van der Waals surface area (Å²) in [6.45, 7) is 5.00. The molecule has 0 bridgehead atoms. The van der Waals surface area contributed by atoms with Crippen LogP contribution in [0.4, 0.5) is 5.69 Å². The van der Waals surface area contributed by atoms with Crippen molar-refractivity contribution in [1.29, 1.82) is 0 Å². The number of carbonyl (C=O) groups excluding carboxylic acids is 1. The van der Waals surface area contributed by atoms with Crippen molar-refractivity contribution >= 4 is 40.6 Å². The quantitative estimate of drug-likeness (QED) is 0.745. The maximum Gasteiger partial charge on any atom is 0.226 e. The number of anilines is 1. The summed E-state index contributed by atoms with van der Waals surface area (Å²) in [5.74, 6) is 0.661. The number of carbonyl (C=O) groups is 1. The molecule has 2 aliphatic rings. The zero-order valence-corrected chi connectivity index (χ0v) is 16.9. The molecule has 2 aliphatic heterocycles. The van der Waals surface area contributed by atoms with Crippen LogP contribution >= 0.6 is 23.2 Å². The van der Waals surface area contributed by atoms with E-state index in [2.05, 4.69) is 20.6 Å². The molecule has 0 spiro atoms. The van der Waals surface area contributed by atoms with Gasteiger partial charge in [0.2, 0.25) is 5.91 Å². The normalized spacial score (nSPS) is 20.6. The number of ether oxygens (including phenoxy) is 1. The SMILES string of the molecule is COCCN1CCNC(CC(=O)NC2=NN(c3ccc(Cl)c(Cl)c3)CC2)C1. The van der Waals surface area contributed by atoms with Gasteiger partial charge in [-0.2, -0.15) is 5.10 Å². The number of amides is 1. The van der Waals surface area contributed by atoms with Crippen molar-refractivity contribution in [3.63, 3.8) is 0 Å². The molecule has 0 aromatic heterocycles. The van der Waals surface area contributed by atoms with Gasteiger partial charge in [0, 0.05) is 58.7 Å². The van der Waals surface area contributed by atoms with Crippen molar-refractivity contribution < 1.29 is 9.53 Å². The van der Waals surface area contributed by atoms with E-state index in [9.17, 15) is 4.79 Å². The first-order valence-electron chi connectivity index (χ1n) is 9.10. The summed E-state index contributed by atoms with van der Waals surface area (Å²) in [7, 11) is 1.71. The summed E-state index contributed by atoms with van der Waals surface area (Å²) in [4.78, 5) is 14.7. The number of nitrogens with zero attached hydrogens (tertiary/aromatic N) is 3. The minimum Gasteiger partial charge on any atom is -0.383 e. The Bertz CT molecular complexity index is 700. The van der Waals surface area contributed by atoms with E-state index < -0.39 is 0 Å². The van der Waals surface area contributed by atoms with E-state index in [-0.39, 0.29) is 11.9 Å². The summed E-state index contributed by atoms with van der Waals surface area (Å²) in [5, 5.41) is 13.7. The molecule has 2 N–H and O–H groups in total. The maximum absolute atomic E-state index is 12.4. The van der Waals surface area contributed by atoms with Gasteiger partial charge in [-0.25, -0.2) is 0 Å².